The molecule has 2 aromatic rings. The molecule has 1 aromatic carbocycles. The van der Waals surface area contributed by atoms with Crippen LogP contribution in [-0.2, 0) is 10.5 Å². The molecule has 2 rings (SSSR count). The fourth-order valence-electron chi connectivity index (χ4n) is 1.41. The molecule has 0 spiro atoms. The van der Waals surface area contributed by atoms with E-state index in [1.165, 1.54) is 11.8 Å². The zero-order valence-corrected chi connectivity index (χ0v) is 12.6. The number of para-hydroxylation sites is 1. The van der Waals surface area contributed by atoms with Crippen LogP contribution in [0.25, 0.3) is 5.69 Å². The molecule has 1 N–H and O–H groups in total. The first kappa shape index (κ1) is 14.0. The maximum absolute atomic E-state index is 11.2. The van der Waals surface area contributed by atoms with Gasteiger partial charge in [0.25, 0.3) is 0 Å². The molecule has 1 amide bonds. The lowest BCUT2D eigenvalue weighted by Crippen LogP contribution is -2.20. The number of amides is 1. The smallest absolute Gasteiger partial charge is 0.229 e. The lowest BCUT2D eigenvalue weighted by atomic mass is 10.3. The van der Waals surface area contributed by atoms with Gasteiger partial charge in [0.1, 0.15) is 0 Å². The predicted octanol–water partition coefficient (Wildman–Crippen LogP) is 1.40. The van der Waals surface area contributed by atoms with Crippen molar-refractivity contribution in [1.82, 2.24) is 25.5 Å². The van der Waals surface area contributed by atoms with E-state index in [1.807, 2.05) is 24.3 Å². The normalized spacial score (nSPS) is 10.4. The number of carbonyl (C=O) groups is 1. The molecule has 0 aliphatic heterocycles. The molecule has 0 fully saturated rings. The Kier molecular flexibility index (Phi) is 4.92. The molecular formula is C11H12BrN5OS. The molecule has 1 heterocycles. The molecular weight excluding hydrogens is 330 g/mol. The van der Waals surface area contributed by atoms with Crippen LogP contribution in [0.3, 0.4) is 0 Å². The summed E-state index contributed by atoms with van der Waals surface area (Å²) in [4.78, 5) is 11.2. The summed E-state index contributed by atoms with van der Waals surface area (Å²) in [7, 11) is 1.62. The van der Waals surface area contributed by atoms with Crippen molar-refractivity contribution in [3.05, 3.63) is 34.6 Å². The second-order valence-corrected chi connectivity index (χ2v) is 5.46. The van der Waals surface area contributed by atoms with Crippen LogP contribution in [0.15, 0.2) is 28.7 Å². The van der Waals surface area contributed by atoms with Gasteiger partial charge >= 0.3 is 0 Å². The summed E-state index contributed by atoms with van der Waals surface area (Å²) in [6.07, 6.45) is 0. The summed E-state index contributed by atoms with van der Waals surface area (Å²) in [5, 5.41) is 14.2. The zero-order valence-electron chi connectivity index (χ0n) is 10.2. The topological polar surface area (TPSA) is 72.7 Å². The maximum Gasteiger partial charge on any atom is 0.229 e. The zero-order chi connectivity index (χ0) is 13.7. The van der Waals surface area contributed by atoms with Crippen molar-refractivity contribution in [2.75, 3.05) is 12.8 Å². The minimum Gasteiger partial charge on any atom is -0.358 e. The summed E-state index contributed by atoms with van der Waals surface area (Å²) < 4.78 is 2.58. The van der Waals surface area contributed by atoms with Crippen LogP contribution in [0.1, 0.15) is 5.82 Å². The van der Waals surface area contributed by atoms with Crippen LogP contribution in [0.5, 0.6) is 0 Å². The molecule has 0 aliphatic rings. The highest BCUT2D eigenvalue weighted by Crippen LogP contribution is 2.21. The number of hydrogen-bond acceptors (Lipinski definition) is 5. The lowest BCUT2D eigenvalue weighted by Gasteiger charge is -2.06. The van der Waals surface area contributed by atoms with Gasteiger partial charge in [-0.3, -0.25) is 4.79 Å². The van der Waals surface area contributed by atoms with Gasteiger partial charge in [-0.1, -0.05) is 12.1 Å². The lowest BCUT2D eigenvalue weighted by molar-refractivity contribution is -0.118. The van der Waals surface area contributed by atoms with Gasteiger partial charge in [-0.05, 0) is 38.5 Å². The third-order valence-electron chi connectivity index (χ3n) is 2.36. The summed E-state index contributed by atoms with van der Waals surface area (Å²) >= 11 is 4.93. The minimum atomic E-state index is -0.00934. The van der Waals surface area contributed by atoms with Crippen LogP contribution < -0.4 is 5.32 Å². The Morgan fingerprint density at radius 1 is 1.47 bits per heavy atom. The summed E-state index contributed by atoms with van der Waals surface area (Å²) in [6, 6.07) is 7.70. The molecule has 6 nitrogen and oxygen atoms in total. The second kappa shape index (κ2) is 6.67. The molecule has 0 radical (unpaired) electrons. The van der Waals surface area contributed by atoms with E-state index >= 15 is 0 Å². The standard InChI is InChI=1S/C11H12BrN5OS/c1-13-11(18)7-19-6-10-14-15-16-17(10)9-5-3-2-4-8(9)12/h2-5H,6-7H2,1H3,(H,13,18). The molecule has 0 saturated heterocycles. The van der Waals surface area contributed by atoms with Crippen LogP contribution in [0, 0.1) is 0 Å². The first-order chi connectivity index (χ1) is 9.22. The monoisotopic (exact) mass is 341 g/mol. The molecule has 100 valence electrons. The Bertz CT molecular complexity index is 574. The number of rotatable bonds is 5. The van der Waals surface area contributed by atoms with E-state index in [-0.39, 0.29) is 5.91 Å². The summed E-state index contributed by atoms with van der Waals surface area (Å²) in [5.41, 5.74) is 0.878. The molecule has 0 saturated carbocycles. The Hall–Kier alpha value is -1.41. The van der Waals surface area contributed by atoms with Crippen molar-refractivity contribution in [2.45, 2.75) is 5.75 Å². The third-order valence-corrected chi connectivity index (χ3v) is 3.96. The largest absolute Gasteiger partial charge is 0.358 e. The summed E-state index contributed by atoms with van der Waals surface area (Å²) in [5.74, 6) is 1.66. The van der Waals surface area contributed by atoms with Crippen molar-refractivity contribution < 1.29 is 4.79 Å². The van der Waals surface area contributed by atoms with Gasteiger partial charge in [-0.25, -0.2) is 0 Å². The van der Waals surface area contributed by atoms with E-state index in [2.05, 4.69) is 36.8 Å². The van der Waals surface area contributed by atoms with Crippen LogP contribution in [0.4, 0.5) is 0 Å². The minimum absolute atomic E-state index is 0.00934. The van der Waals surface area contributed by atoms with Gasteiger partial charge in [0.15, 0.2) is 5.82 Å². The number of nitrogens with zero attached hydrogens (tertiary/aromatic N) is 4. The van der Waals surface area contributed by atoms with Crippen molar-refractivity contribution in [3.8, 4) is 5.69 Å². The average molecular weight is 342 g/mol. The highest BCUT2D eigenvalue weighted by atomic mass is 79.9. The molecule has 19 heavy (non-hydrogen) atoms. The average Bonchev–Trinajstić information content (AvgIpc) is 2.87. The van der Waals surface area contributed by atoms with Gasteiger partial charge in [0.05, 0.1) is 17.2 Å². The van der Waals surface area contributed by atoms with Crippen LogP contribution in [-0.4, -0.2) is 38.9 Å². The number of thioether (sulfide) groups is 1. The van der Waals surface area contributed by atoms with Gasteiger partial charge in [-0.2, -0.15) is 4.68 Å². The van der Waals surface area contributed by atoms with Gasteiger partial charge < -0.3 is 5.32 Å². The SMILES string of the molecule is CNC(=O)CSCc1nnnn1-c1ccccc1Br. The molecule has 0 atom stereocenters. The van der Waals surface area contributed by atoms with Gasteiger partial charge in [-0.15, -0.1) is 16.9 Å². The number of aromatic nitrogens is 4. The molecule has 1 aromatic heterocycles. The molecule has 0 unspecified atom stereocenters. The quantitative estimate of drug-likeness (QED) is 0.889. The van der Waals surface area contributed by atoms with Crippen molar-refractivity contribution in [2.24, 2.45) is 0 Å². The Morgan fingerprint density at radius 2 is 2.26 bits per heavy atom. The van der Waals surface area contributed by atoms with Crippen molar-refractivity contribution >= 4 is 33.6 Å². The van der Waals surface area contributed by atoms with E-state index < -0.39 is 0 Å². The van der Waals surface area contributed by atoms with Crippen molar-refractivity contribution in [3.63, 3.8) is 0 Å². The first-order valence-corrected chi connectivity index (χ1v) is 7.47. The Morgan fingerprint density at radius 3 is 3.00 bits per heavy atom. The third kappa shape index (κ3) is 3.54. The van der Waals surface area contributed by atoms with Crippen LogP contribution in [0.2, 0.25) is 0 Å². The van der Waals surface area contributed by atoms with Crippen molar-refractivity contribution in [1.29, 1.82) is 0 Å². The number of tetrazole rings is 1. The van der Waals surface area contributed by atoms with E-state index in [0.717, 1.165) is 10.2 Å². The number of carbonyl (C=O) groups excluding carboxylic acids is 1. The number of benzene rings is 1. The Labute approximate surface area is 123 Å². The maximum atomic E-state index is 11.2. The number of halogens is 1. The molecule has 8 heteroatoms. The van der Waals surface area contributed by atoms with Gasteiger partial charge in [0.2, 0.25) is 5.91 Å². The highest BCUT2D eigenvalue weighted by molar-refractivity contribution is 9.10. The highest BCUT2D eigenvalue weighted by Gasteiger charge is 2.11. The number of nitrogens with one attached hydrogen (secondary N) is 1. The number of hydrogen-bond donors (Lipinski definition) is 1. The van der Waals surface area contributed by atoms with E-state index in [1.54, 1.807) is 11.7 Å². The first-order valence-electron chi connectivity index (χ1n) is 5.53. The summed E-state index contributed by atoms with van der Waals surface area (Å²) in [6.45, 7) is 0. The molecule has 0 aliphatic carbocycles. The predicted molar refractivity (Wildman–Crippen MR) is 77.1 cm³/mol. The van der Waals surface area contributed by atoms with E-state index in [9.17, 15) is 4.79 Å². The Balaban J connectivity index is 2.10. The second-order valence-electron chi connectivity index (χ2n) is 3.62. The molecule has 0 bridgehead atoms. The van der Waals surface area contributed by atoms with E-state index in [0.29, 0.717) is 17.3 Å². The fraction of sp³-hybridized carbons (Fsp3) is 0.273. The fourth-order valence-corrected chi connectivity index (χ4v) is 2.66. The van der Waals surface area contributed by atoms with E-state index in [4.69, 9.17) is 0 Å². The van der Waals surface area contributed by atoms with Crippen LogP contribution >= 0.6 is 27.7 Å². The van der Waals surface area contributed by atoms with Gasteiger partial charge in [0, 0.05) is 11.5 Å².